The minimum Gasteiger partial charge on any atom is -0.387 e. The topological polar surface area (TPSA) is 41.5 Å². The highest BCUT2D eigenvalue weighted by Crippen LogP contribution is 2.17. The number of hydrogen-bond donors (Lipinski definition) is 2. The summed E-state index contributed by atoms with van der Waals surface area (Å²) in [6, 6.07) is 3.26. The van der Waals surface area contributed by atoms with Crippen LogP contribution in [-0.4, -0.2) is 31.4 Å². The number of methoxy groups -OCH3 is 1. The van der Waals surface area contributed by atoms with E-state index in [4.69, 9.17) is 4.74 Å². The number of rotatable bonds is 7. The second kappa shape index (κ2) is 7.41. The van der Waals surface area contributed by atoms with Gasteiger partial charge in [0.05, 0.1) is 12.7 Å². The smallest absolute Gasteiger partial charge is 0.131 e. The van der Waals surface area contributed by atoms with Crippen molar-refractivity contribution in [3.05, 3.63) is 35.4 Å². The Labute approximate surface area is 106 Å². The normalized spacial score (nSPS) is 14.5. The van der Waals surface area contributed by atoms with Crippen LogP contribution in [0, 0.1) is 11.6 Å². The first-order valence-corrected chi connectivity index (χ1v) is 5.93. The highest BCUT2D eigenvalue weighted by atomic mass is 19.1. The molecule has 0 aromatic heterocycles. The number of halogens is 2. The molecule has 0 fully saturated rings. The maximum Gasteiger partial charge on any atom is 0.131 e. The fourth-order valence-electron chi connectivity index (χ4n) is 1.68. The molecule has 0 amide bonds. The molecule has 5 heteroatoms. The predicted octanol–water partition coefficient (Wildman–Crippen LogP) is 2.01. The van der Waals surface area contributed by atoms with Crippen molar-refractivity contribution in [2.75, 3.05) is 20.3 Å². The van der Waals surface area contributed by atoms with E-state index in [2.05, 4.69) is 5.32 Å². The van der Waals surface area contributed by atoms with Crippen molar-refractivity contribution in [1.29, 1.82) is 0 Å². The van der Waals surface area contributed by atoms with Gasteiger partial charge in [-0.1, -0.05) is 13.0 Å². The van der Waals surface area contributed by atoms with Crippen molar-refractivity contribution in [2.24, 2.45) is 0 Å². The van der Waals surface area contributed by atoms with Crippen LogP contribution in [0.5, 0.6) is 0 Å². The van der Waals surface area contributed by atoms with E-state index in [0.717, 1.165) is 18.6 Å². The van der Waals surface area contributed by atoms with Gasteiger partial charge in [0.25, 0.3) is 0 Å². The van der Waals surface area contributed by atoms with E-state index in [1.807, 2.05) is 6.92 Å². The van der Waals surface area contributed by atoms with Gasteiger partial charge in [-0.3, -0.25) is 0 Å². The van der Waals surface area contributed by atoms with Gasteiger partial charge in [-0.25, -0.2) is 8.78 Å². The quantitative estimate of drug-likeness (QED) is 0.787. The first kappa shape index (κ1) is 15.0. The average molecular weight is 259 g/mol. The molecule has 0 aliphatic carbocycles. The van der Waals surface area contributed by atoms with Gasteiger partial charge in [0.1, 0.15) is 11.6 Å². The lowest BCUT2D eigenvalue weighted by atomic mass is 10.1. The van der Waals surface area contributed by atoms with E-state index < -0.39 is 17.7 Å². The van der Waals surface area contributed by atoms with Crippen molar-refractivity contribution >= 4 is 0 Å². The van der Waals surface area contributed by atoms with Gasteiger partial charge in [-0.15, -0.1) is 0 Å². The maximum atomic E-state index is 13.4. The first-order valence-electron chi connectivity index (χ1n) is 5.93. The number of benzene rings is 1. The summed E-state index contributed by atoms with van der Waals surface area (Å²) in [6.07, 6.45) is -0.163. The zero-order valence-electron chi connectivity index (χ0n) is 10.6. The summed E-state index contributed by atoms with van der Waals surface area (Å²) in [5.41, 5.74) is 0.0937. The summed E-state index contributed by atoms with van der Waals surface area (Å²) in [5.74, 6) is -1.38. The number of hydrogen-bond acceptors (Lipinski definition) is 3. The van der Waals surface area contributed by atoms with Crippen LogP contribution in [-0.2, 0) is 4.74 Å². The SMILES string of the molecule is CCC(COC)NCC(O)c1ccc(F)cc1F. The fourth-order valence-corrected chi connectivity index (χ4v) is 1.68. The third kappa shape index (κ3) is 4.33. The highest BCUT2D eigenvalue weighted by molar-refractivity contribution is 5.21. The van der Waals surface area contributed by atoms with Crippen molar-refractivity contribution in [3.63, 3.8) is 0 Å². The van der Waals surface area contributed by atoms with Crippen LogP contribution in [0.2, 0.25) is 0 Å². The lowest BCUT2D eigenvalue weighted by molar-refractivity contribution is 0.135. The molecule has 0 heterocycles. The second-order valence-corrected chi connectivity index (χ2v) is 4.15. The molecule has 1 aromatic rings. The predicted molar refractivity (Wildman–Crippen MR) is 65.3 cm³/mol. The molecule has 0 saturated carbocycles. The van der Waals surface area contributed by atoms with E-state index >= 15 is 0 Å². The Morgan fingerprint density at radius 3 is 2.67 bits per heavy atom. The highest BCUT2D eigenvalue weighted by Gasteiger charge is 2.15. The molecule has 18 heavy (non-hydrogen) atoms. The Bertz CT molecular complexity index is 374. The molecule has 2 atom stereocenters. The van der Waals surface area contributed by atoms with Crippen molar-refractivity contribution < 1.29 is 18.6 Å². The van der Waals surface area contributed by atoms with Crippen LogP contribution in [0.3, 0.4) is 0 Å². The summed E-state index contributed by atoms with van der Waals surface area (Å²) < 4.78 is 31.1. The molecule has 1 aromatic carbocycles. The largest absolute Gasteiger partial charge is 0.387 e. The van der Waals surface area contributed by atoms with E-state index in [-0.39, 0.29) is 18.2 Å². The summed E-state index contributed by atoms with van der Waals surface area (Å²) in [5, 5.41) is 12.9. The Kier molecular flexibility index (Phi) is 6.18. The number of nitrogens with one attached hydrogen (secondary N) is 1. The molecule has 0 radical (unpaired) electrons. The number of ether oxygens (including phenoxy) is 1. The Balaban J connectivity index is 2.56. The molecule has 0 spiro atoms. The molecule has 3 nitrogen and oxygen atoms in total. The Morgan fingerprint density at radius 1 is 1.39 bits per heavy atom. The zero-order chi connectivity index (χ0) is 13.5. The Hall–Kier alpha value is -1.04. The van der Waals surface area contributed by atoms with Crippen molar-refractivity contribution in [1.82, 2.24) is 5.32 Å². The van der Waals surface area contributed by atoms with Crippen molar-refractivity contribution in [3.8, 4) is 0 Å². The second-order valence-electron chi connectivity index (χ2n) is 4.15. The van der Waals surface area contributed by atoms with Crippen LogP contribution < -0.4 is 5.32 Å². The standard InChI is InChI=1S/C13H19F2NO2/c1-3-10(8-18-2)16-7-13(17)11-5-4-9(14)6-12(11)15/h4-6,10,13,16-17H,3,7-8H2,1-2H3. The van der Waals surface area contributed by atoms with Crippen LogP contribution in [0.1, 0.15) is 25.0 Å². The number of aliphatic hydroxyl groups is 1. The average Bonchev–Trinajstić information content (AvgIpc) is 2.34. The van der Waals surface area contributed by atoms with Crippen LogP contribution in [0.25, 0.3) is 0 Å². The van der Waals surface area contributed by atoms with Crippen molar-refractivity contribution in [2.45, 2.75) is 25.5 Å². The van der Waals surface area contributed by atoms with Gasteiger partial charge in [0, 0.05) is 31.3 Å². The molecule has 102 valence electrons. The molecular formula is C13H19F2NO2. The summed E-state index contributed by atoms with van der Waals surface area (Å²) in [7, 11) is 1.60. The molecule has 1 rings (SSSR count). The van der Waals surface area contributed by atoms with Gasteiger partial charge in [0.15, 0.2) is 0 Å². The van der Waals surface area contributed by atoms with E-state index in [1.165, 1.54) is 6.07 Å². The summed E-state index contributed by atoms with van der Waals surface area (Å²) in [6.45, 7) is 2.71. The van der Waals surface area contributed by atoms with Gasteiger partial charge < -0.3 is 15.2 Å². The minimum atomic E-state index is -1.00. The first-order chi connectivity index (χ1) is 8.58. The van der Waals surface area contributed by atoms with E-state index in [1.54, 1.807) is 7.11 Å². The molecule has 0 aliphatic rings. The summed E-state index contributed by atoms with van der Waals surface area (Å²) >= 11 is 0. The number of aliphatic hydroxyl groups excluding tert-OH is 1. The van der Waals surface area contributed by atoms with Crippen LogP contribution in [0.15, 0.2) is 18.2 Å². The third-order valence-electron chi connectivity index (χ3n) is 2.78. The summed E-state index contributed by atoms with van der Waals surface area (Å²) in [4.78, 5) is 0. The van der Waals surface area contributed by atoms with Gasteiger partial charge in [-0.05, 0) is 12.5 Å². The lowest BCUT2D eigenvalue weighted by Gasteiger charge is -2.19. The zero-order valence-corrected chi connectivity index (χ0v) is 10.6. The van der Waals surface area contributed by atoms with E-state index in [9.17, 15) is 13.9 Å². The monoisotopic (exact) mass is 259 g/mol. The maximum absolute atomic E-state index is 13.4. The molecule has 2 unspecified atom stereocenters. The van der Waals surface area contributed by atoms with Crippen LogP contribution in [0.4, 0.5) is 8.78 Å². The van der Waals surface area contributed by atoms with Gasteiger partial charge >= 0.3 is 0 Å². The van der Waals surface area contributed by atoms with Gasteiger partial charge in [0.2, 0.25) is 0 Å². The third-order valence-corrected chi connectivity index (χ3v) is 2.78. The molecular weight excluding hydrogens is 240 g/mol. The molecule has 2 N–H and O–H groups in total. The van der Waals surface area contributed by atoms with E-state index in [0.29, 0.717) is 6.61 Å². The van der Waals surface area contributed by atoms with Crippen LogP contribution >= 0.6 is 0 Å². The fraction of sp³-hybridized carbons (Fsp3) is 0.538. The van der Waals surface area contributed by atoms with Gasteiger partial charge in [-0.2, -0.15) is 0 Å². The molecule has 0 saturated heterocycles. The molecule has 0 aliphatic heterocycles. The Morgan fingerprint density at radius 2 is 2.11 bits per heavy atom. The minimum absolute atomic E-state index is 0.0937. The lowest BCUT2D eigenvalue weighted by Crippen LogP contribution is -2.35. The molecule has 0 bridgehead atoms.